The molecular weight excluding hydrogens is 194 g/mol. The maximum absolute atomic E-state index is 3.51. The van der Waals surface area contributed by atoms with Crippen molar-refractivity contribution < 1.29 is 0 Å². The molecule has 0 aromatic heterocycles. The Balaban J connectivity index is 2.37. The van der Waals surface area contributed by atoms with Crippen molar-refractivity contribution in [2.45, 2.75) is 70.8 Å². The largest absolute Gasteiger partial charge is 0.317 e. The molecule has 1 aliphatic rings. The first-order valence-electron chi connectivity index (χ1n) is 6.95. The summed E-state index contributed by atoms with van der Waals surface area (Å²) < 4.78 is 0. The highest BCUT2D eigenvalue weighted by Crippen LogP contribution is 2.26. The molecule has 0 aromatic rings. The molecule has 1 rings (SSSR count). The van der Waals surface area contributed by atoms with Crippen molar-refractivity contribution in [2.75, 3.05) is 7.05 Å². The molecule has 0 heterocycles. The van der Waals surface area contributed by atoms with Gasteiger partial charge in [0.2, 0.25) is 0 Å². The number of rotatable bonds is 4. The van der Waals surface area contributed by atoms with Crippen LogP contribution < -0.4 is 5.32 Å². The van der Waals surface area contributed by atoms with E-state index in [4.69, 9.17) is 0 Å². The van der Waals surface area contributed by atoms with Crippen LogP contribution in [-0.4, -0.2) is 13.1 Å². The minimum atomic E-state index is 0.693. The average Bonchev–Trinajstić information content (AvgIpc) is 2.25. The molecule has 1 fully saturated rings. The van der Waals surface area contributed by atoms with Crippen molar-refractivity contribution in [1.29, 1.82) is 0 Å². The molecule has 92 valence electrons. The minimum Gasteiger partial charge on any atom is -0.317 e. The van der Waals surface area contributed by atoms with Gasteiger partial charge in [0.05, 0.1) is 0 Å². The Hall–Kier alpha value is -0.480. The standard InChI is InChI=1S/C15H27N/c1-3-4-8-13-15(16-2)14-11-9-6-5-7-10-12-14/h14-16H,5-13H2,1-2H3. The lowest BCUT2D eigenvalue weighted by Crippen LogP contribution is -2.33. The third-order valence-electron chi connectivity index (χ3n) is 3.85. The molecule has 0 aromatic carbocycles. The van der Waals surface area contributed by atoms with Gasteiger partial charge in [-0.1, -0.05) is 32.1 Å². The predicted molar refractivity (Wildman–Crippen MR) is 71.3 cm³/mol. The lowest BCUT2D eigenvalue weighted by atomic mass is 9.84. The van der Waals surface area contributed by atoms with Crippen LogP contribution in [0.25, 0.3) is 0 Å². The van der Waals surface area contributed by atoms with Gasteiger partial charge in [-0.25, -0.2) is 0 Å². The van der Waals surface area contributed by atoms with E-state index in [9.17, 15) is 0 Å². The molecule has 0 saturated heterocycles. The van der Waals surface area contributed by atoms with Crippen molar-refractivity contribution >= 4 is 0 Å². The molecule has 16 heavy (non-hydrogen) atoms. The molecule has 1 aliphatic carbocycles. The van der Waals surface area contributed by atoms with E-state index in [1.165, 1.54) is 51.4 Å². The Morgan fingerprint density at radius 1 is 1.12 bits per heavy atom. The second kappa shape index (κ2) is 8.65. The fourth-order valence-corrected chi connectivity index (χ4v) is 2.86. The van der Waals surface area contributed by atoms with Crippen LogP contribution >= 0.6 is 0 Å². The summed E-state index contributed by atoms with van der Waals surface area (Å²) in [4.78, 5) is 0. The normalized spacial score (nSPS) is 20.4. The first kappa shape index (κ1) is 13.6. The zero-order valence-electron chi connectivity index (χ0n) is 11.0. The van der Waals surface area contributed by atoms with Gasteiger partial charge in [0.1, 0.15) is 0 Å². The Morgan fingerprint density at radius 3 is 2.31 bits per heavy atom. The summed E-state index contributed by atoms with van der Waals surface area (Å²) in [5, 5.41) is 3.51. The average molecular weight is 221 g/mol. The zero-order valence-corrected chi connectivity index (χ0v) is 11.0. The zero-order chi connectivity index (χ0) is 11.6. The molecule has 1 heteroatoms. The lowest BCUT2D eigenvalue weighted by molar-refractivity contribution is 0.286. The molecule has 1 nitrogen and oxygen atoms in total. The maximum Gasteiger partial charge on any atom is 0.0103 e. The highest BCUT2D eigenvalue weighted by molar-refractivity contribution is 4.96. The van der Waals surface area contributed by atoms with Crippen LogP contribution in [0.5, 0.6) is 0 Å². The summed E-state index contributed by atoms with van der Waals surface area (Å²) in [6.07, 6.45) is 12.3. The fraction of sp³-hybridized carbons (Fsp3) is 0.867. The molecule has 0 bridgehead atoms. The van der Waals surface area contributed by atoms with Crippen LogP contribution in [0.4, 0.5) is 0 Å². The topological polar surface area (TPSA) is 12.0 Å². The Labute approximate surface area is 101 Å². The van der Waals surface area contributed by atoms with E-state index in [0.29, 0.717) is 6.04 Å². The van der Waals surface area contributed by atoms with E-state index >= 15 is 0 Å². The van der Waals surface area contributed by atoms with Crippen molar-refractivity contribution in [3.05, 3.63) is 0 Å². The monoisotopic (exact) mass is 221 g/mol. The molecule has 1 N–H and O–H groups in total. The number of hydrogen-bond acceptors (Lipinski definition) is 1. The van der Waals surface area contributed by atoms with Crippen molar-refractivity contribution in [3.63, 3.8) is 0 Å². The molecular formula is C15H27N. The third-order valence-corrected chi connectivity index (χ3v) is 3.85. The lowest BCUT2D eigenvalue weighted by Gasteiger charge is -2.28. The summed E-state index contributed by atoms with van der Waals surface area (Å²) >= 11 is 0. The van der Waals surface area contributed by atoms with Gasteiger partial charge in [-0.05, 0) is 39.2 Å². The van der Waals surface area contributed by atoms with E-state index in [1.54, 1.807) is 0 Å². The van der Waals surface area contributed by atoms with E-state index in [0.717, 1.165) is 12.3 Å². The van der Waals surface area contributed by atoms with Gasteiger partial charge in [-0.3, -0.25) is 0 Å². The van der Waals surface area contributed by atoms with E-state index in [2.05, 4.69) is 24.2 Å². The van der Waals surface area contributed by atoms with Crippen molar-refractivity contribution in [2.24, 2.45) is 5.92 Å². The molecule has 0 aliphatic heterocycles. The van der Waals surface area contributed by atoms with Gasteiger partial charge < -0.3 is 5.32 Å². The maximum atomic E-state index is 3.51. The van der Waals surface area contributed by atoms with Gasteiger partial charge in [0.15, 0.2) is 0 Å². The minimum absolute atomic E-state index is 0.693. The molecule has 0 spiro atoms. The fourth-order valence-electron chi connectivity index (χ4n) is 2.86. The second-order valence-electron chi connectivity index (χ2n) is 4.97. The number of nitrogens with one attached hydrogen (secondary N) is 1. The van der Waals surface area contributed by atoms with E-state index < -0.39 is 0 Å². The van der Waals surface area contributed by atoms with Gasteiger partial charge >= 0.3 is 0 Å². The summed E-state index contributed by atoms with van der Waals surface area (Å²) in [5.74, 6) is 7.08. The highest BCUT2D eigenvalue weighted by atomic mass is 14.9. The van der Waals surface area contributed by atoms with E-state index in [1.807, 2.05) is 6.92 Å². The molecule has 0 radical (unpaired) electrons. The SMILES string of the molecule is CC#CCCC(NC)C1CCCCCCC1. The molecule has 1 atom stereocenters. The number of hydrogen-bond donors (Lipinski definition) is 1. The summed E-state index contributed by atoms with van der Waals surface area (Å²) in [5.41, 5.74) is 0. The van der Waals surface area contributed by atoms with Gasteiger partial charge in [-0.2, -0.15) is 0 Å². The van der Waals surface area contributed by atoms with Crippen LogP contribution in [0.1, 0.15) is 64.7 Å². The van der Waals surface area contributed by atoms with Crippen LogP contribution in [0.15, 0.2) is 0 Å². The third kappa shape index (κ3) is 5.03. The van der Waals surface area contributed by atoms with Crippen molar-refractivity contribution in [3.8, 4) is 11.8 Å². The molecule has 1 unspecified atom stereocenters. The first-order valence-corrected chi connectivity index (χ1v) is 6.95. The summed E-state index contributed by atoms with van der Waals surface area (Å²) in [7, 11) is 2.11. The smallest absolute Gasteiger partial charge is 0.0103 e. The Bertz CT molecular complexity index is 215. The first-order chi connectivity index (χ1) is 7.88. The highest BCUT2D eigenvalue weighted by Gasteiger charge is 2.19. The summed E-state index contributed by atoms with van der Waals surface area (Å²) in [6, 6.07) is 0.693. The van der Waals surface area contributed by atoms with Gasteiger partial charge in [0.25, 0.3) is 0 Å². The quantitative estimate of drug-likeness (QED) is 0.713. The Kier molecular flexibility index (Phi) is 7.34. The van der Waals surface area contributed by atoms with Crippen LogP contribution in [0.3, 0.4) is 0 Å². The molecule has 1 saturated carbocycles. The van der Waals surface area contributed by atoms with Gasteiger partial charge in [-0.15, -0.1) is 11.8 Å². The van der Waals surface area contributed by atoms with Crippen LogP contribution in [-0.2, 0) is 0 Å². The van der Waals surface area contributed by atoms with Crippen LogP contribution in [0.2, 0.25) is 0 Å². The van der Waals surface area contributed by atoms with Gasteiger partial charge in [0, 0.05) is 12.5 Å². The Morgan fingerprint density at radius 2 is 1.75 bits per heavy atom. The van der Waals surface area contributed by atoms with Crippen LogP contribution in [0, 0.1) is 17.8 Å². The van der Waals surface area contributed by atoms with Crippen molar-refractivity contribution in [1.82, 2.24) is 5.32 Å². The molecule has 0 amide bonds. The van der Waals surface area contributed by atoms with E-state index in [-0.39, 0.29) is 0 Å². The second-order valence-corrected chi connectivity index (χ2v) is 4.97. The predicted octanol–water partition coefficient (Wildman–Crippen LogP) is 3.74. The summed E-state index contributed by atoms with van der Waals surface area (Å²) in [6.45, 7) is 1.93.